The summed E-state index contributed by atoms with van der Waals surface area (Å²) in [6, 6.07) is 21.1. The molecule has 0 bridgehead atoms. The Kier molecular flexibility index (Phi) is 6.39. The summed E-state index contributed by atoms with van der Waals surface area (Å²) in [4.78, 5) is 46.4. The summed E-state index contributed by atoms with van der Waals surface area (Å²) in [6.07, 6.45) is 3.48. The lowest BCUT2D eigenvalue weighted by atomic mass is 9.64. The van der Waals surface area contributed by atoms with Crippen LogP contribution < -0.4 is 19.1 Å². The van der Waals surface area contributed by atoms with Gasteiger partial charge in [0.15, 0.2) is 17.3 Å². The van der Waals surface area contributed by atoms with Gasteiger partial charge in [-0.1, -0.05) is 48.6 Å². The first-order valence-corrected chi connectivity index (χ1v) is 14.2. The summed E-state index contributed by atoms with van der Waals surface area (Å²) in [7, 11) is 4.54. The highest BCUT2D eigenvalue weighted by atomic mass is 19.1. The molecule has 2 heterocycles. The van der Waals surface area contributed by atoms with Gasteiger partial charge in [-0.2, -0.15) is 0 Å². The molecule has 0 radical (unpaired) electrons. The quantitative estimate of drug-likeness (QED) is 0.197. The third-order valence-electron chi connectivity index (χ3n) is 9.16. The molecule has 1 aliphatic carbocycles. The molecule has 8 heteroatoms. The van der Waals surface area contributed by atoms with Crippen LogP contribution in [0.5, 0.6) is 17.2 Å². The van der Waals surface area contributed by atoms with Gasteiger partial charge in [0.25, 0.3) is 0 Å². The van der Waals surface area contributed by atoms with E-state index in [1.54, 1.807) is 84.9 Å². The molecular weight excluding hydrogens is 561 g/mol. The van der Waals surface area contributed by atoms with E-state index in [1.165, 1.54) is 33.5 Å². The molecule has 220 valence electrons. The lowest BCUT2D eigenvalue weighted by Crippen LogP contribution is -2.48. The Hall–Kier alpha value is -5.24. The number of hydrogen-bond donors (Lipinski definition) is 0. The molecule has 0 amide bonds. The number of benzene rings is 4. The number of methoxy groups -OCH3 is 3. The van der Waals surface area contributed by atoms with Crippen molar-refractivity contribution in [3.63, 3.8) is 0 Å². The Morgan fingerprint density at radius 2 is 1.50 bits per heavy atom. The Morgan fingerprint density at radius 3 is 2.18 bits per heavy atom. The smallest absolute Gasteiger partial charge is 0.186 e. The van der Waals surface area contributed by atoms with Crippen LogP contribution in [0, 0.1) is 11.2 Å². The van der Waals surface area contributed by atoms with Gasteiger partial charge in [0.05, 0.1) is 27.4 Å². The van der Waals surface area contributed by atoms with Crippen molar-refractivity contribution in [2.45, 2.75) is 18.0 Å². The van der Waals surface area contributed by atoms with Crippen molar-refractivity contribution in [2.75, 3.05) is 26.2 Å². The van der Waals surface area contributed by atoms with Crippen LogP contribution in [-0.2, 0) is 0 Å². The van der Waals surface area contributed by atoms with Crippen molar-refractivity contribution in [3.8, 4) is 17.2 Å². The molecule has 1 spiro atoms. The van der Waals surface area contributed by atoms with Crippen molar-refractivity contribution >= 4 is 29.1 Å². The monoisotopic (exact) mass is 589 g/mol. The van der Waals surface area contributed by atoms with Crippen LogP contribution in [0.2, 0.25) is 0 Å². The van der Waals surface area contributed by atoms with Gasteiger partial charge < -0.3 is 19.1 Å². The lowest BCUT2D eigenvalue weighted by molar-refractivity contribution is 0.0664. The Labute approximate surface area is 253 Å². The van der Waals surface area contributed by atoms with Crippen molar-refractivity contribution in [3.05, 3.63) is 125 Å². The summed E-state index contributed by atoms with van der Waals surface area (Å²) in [5.74, 6) is -1.19. The molecule has 4 aromatic rings. The zero-order chi connectivity index (χ0) is 30.7. The fraction of sp³-hybridized carbons (Fsp3) is 0.194. The molecule has 1 saturated heterocycles. The first kappa shape index (κ1) is 27.6. The van der Waals surface area contributed by atoms with Gasteiger partial charge >= 0.3 is 0 Å². The van der Waals surface area contributed by atoms with Gasteiger partial charge in [0.2, 0.25) is 0 Å². The van der Waals surface area contributed by atoms with Crippen molar-refractivity contribution in [1.29, 1.82) is 0 Å². The van der Waals surface area contributed by atoms with E-state index in [0.29, 0.717) is 50.8 Å². The summed E-state index contributed by atoms with van der Waals surface area (Å²) in [5.41, 5.74) is 0.758. The number of ketones is 3. The van der Waals surface area contributed by atoms with Crippen LogP contribution in [0.25, 0.3) is 6.08 Å². The maximum absolute atomic E-state index is 14.9. The van der Waals surface area contributed by atoms with E-state index in [-0.39, 0.29) is 17.3 Å². The predicted molar refractivity (Wildman–Crippen MR) is 163 cm³/mol. The molecule has 0 unspecified atom stereocenters. The van der Waals surface area contributed by atoms with Gasteiger partial charge in [-0.15, -0.1) is 0 Å². The van der Waals surface area contributed by atoms with E-state index in [0.717, 1.165) is 0 Å². The average Bonchev–Trinajstić information content (AvgIpc) is 3.49. The van der Waals surface area contributed by atoms with Crippen LogP contribution in [0.4, 0.5) is 10.1 Å². The SMILES string of the molecule is COc1cccc(C(=O)[C@@H]2[C@@H](c3cc(OC)ccc3OC)C3(C(=O)c4ccccc4C3=O)[C@@H]3C=Cc4cc(F)ccc4N23)c1. The number of ether oxygens (including phenoxy) is 3. The lowest BCUT2D eigenvalue weighted by Gasteiger charge is -2.37. The maximum atomic E-state index is 14.9. The molecule has 2 aliphatic heterocycles. The molecule has 3 atom stereocenters. The number of anilines is 1. The second-order valence-corrected chi connectivity index (χ2v) is 11.1. The van der Waals surface area contributed by atoms with Crippen molar-refractivity contribution in [2.24, 2.45) is 5.41 Å². The molecule has 0 aromatic heterocycles. The third kappa shape index (κ3) is 3.70. The molecule has 0 saturated carbocycles. The number of hydrogen-bond acceptors (Lipinski definition) is 7. The second-order valence-electron chi connectivity index (χ2n) is 11.1. The topological polar surface area (TPSA) is 82.1 Å². The molecule has 7 nitrogen and oxygen atoms in total. The number of rotatable bonds is 6. The molecule has 7 rings (SSSR count). The Balaban J connectivity index is 1.58. The molecule has 0 N–H and O–H groups in total. The summed E-state index contributed by atoms with van der Waals surface area (Å²) in [5, 5.41) is 0. The van der Waals surface area contributed by atoms with E-state index < -0.39 is 29.2 Å². The molecule has 4 aromatic carbocycles. The van der Waals surface area contributed by atoms with Gasteiger partial charge in [-0.05, 0) is 48.5 Å². The van der Waals surface area contributed by atoms with Crippen LogP contribution in [0.3, 0.4) is 0 Å². The maximum Gasteiger partial charge on any atom is 0.186 e. The highest BCUT2D eigenvalue weighted by Crippen LogP contribution is 2.62. The fourth-order valence-electron chi connectivity index (χ4n) is 7.32. The number of halogens is 1. The fourth-order valence-corrected chi connectivity index (χ4v) is 7.32. The predicted octanol–water partition coefficient (Wildman–Crippen LogP) is 6.17. The van der Waals surface area contributed by atoms with E-state index in [4.69, 9.17) is 14.2 Å². The molecule has 3 aliphatic rings. The minimum Gasteiger partial charge on any atom is -0.497 e. The number of carbonyl (C=O) groups is 3. The van der Waals surface area contributed by atoms with E-state index >= 15 is 0 Å². The van der Waals surface area contributed by atoms with Gasteiger partial charge in [-0.3, -0.25) is 14.4 Å². The molecular formula is C36H28FNO6. The Morgan fingerprint density at radius 1 is 0.795 bits per heavy atom. The first-order valence-electron chi connectivity index (χ1n) is 14.2. The molecule has 1 fully saturated rings. The zero-order valence-electron chi connectivity index (χ0n) is 24.2. The highest BCUT2D eigenvalue weighted by molar-refractivity contribution is 6.32. The number of nitrogens with zero attached hydrogens (tertiary/aromatic N) is 1. The van der Waals surface area contributed by atoms with E-state index in [2.05, 4.69) is 0 Å². The van der Waals surface area contributed by atoms with Crippen LogP contribution in [0.1, 0.15) is 48.1 Å². The minimum atomic E-state index is -1.74. The average molecular weight is 590 g/mol. The van der Waals surface area contributed by atoms with Crippen LogP contribution in [-0.4, -0.2) is 50.8 Å². The van der Waals surface area contributed by atoms with Gasteiger partial charge in [0, 0.05) is 39.4 Å². The highest BCUT2D eigenvalue weighted by Gasteiger charge is 2.72. The summed E-state index contributed by atoms with van der Waals surface area (Å²) < 4.78 is 31.3. The Bertz CT molecular complexity index is 1860. The van der Waals surface area contributed by atoms with Crippen molar-refractivity contribution < 1.29 is 33.0 Å². The largest absolute Gasteiger partial charge is 0.497 e. The number of Topliss-reactive ketones (excluding diaryl/α,β-unsaturated/α-hetero) is 3. The number of fused-ring (bicyclic) bond motifs is 5. The number of carbonyl (C=O) groups excluding carboxylic acids is 3. The normalized spacial score (nSPS) is 20.7. The van der Waals surface area contributed by atoms with E-state index in [1.807, 2.05) is 4.90 Å². The second kappa shape index (κ2) is 10.2. The van der Waals surface area contributed by atoms with Crippen molar-refractivity contribution in [1.82, 2.24) is 0 Å². The zero-order valence-corrected chi connectivity index (χ0v) is 24.2. The van der Waals surface area contributed by atoms with Gasteiger partial charge in [-0.25, -0.2) is 4.39 Å². The minimum absolute atomic E-state index is 0.303. The summed E-state index contributed by atoms with van der Waals surface area (Å²) >= 11 is 0. The third-order valence-corrected chi connectivity index (χ3v) is 9.16. The first-order chi connectivity index (χ1) is 21.3. The molecule has 44 heavy (non-hydrogen) atoms. The summed E-state index contributed by atoms with van der Waals surface area (Å²) in [6.45, 7) is 0. The van der Waals surface area contributed by atoms with Gasteiger partial charge in [0.1, 0.15) is 34.5 Å². The van der Waals surface area contributed by atoms with Crippen LogP contribution >= 0.6 is 0 Å². The standard InChI is InChI=1S/C36H28FNO6/c1-42-23-8-6-7-21(18-23)33(39)32-31(27-19-24(43-2)13-15-29(27)44-3)36(34(40)25-9-4-5-10-26(25)35(36)41)30-16-11-20-17-22(37)12-14-28(20)38(30)32/h4-19,30-32H,1-3H3/t30-,31+,32-/m0/s1. The van der Waals surface area contributed by atoms with Crippen LogP contribution in [0.15, 0.2) is 91.0 Å². The van der Waals surface area contributed by atoms with E-state index in [9.17, 15) is 18.8 Å².